The van der Waals surface area contributed by atoms with Crippen LogP contribution in [0.1, 0.15) is 18.4 Å². The van der Waals surface area contributed by atoms with Gasteiger partial charge in [0, 0.05) is 5.02 Å². The average molecular weight is 238 g/mol. The van der Waals surface area contributed by atoms with Crippen LogP contribution in [0.25, 0.3) is 0 Å². The van der Waals surface area contributed by atoms with Crippen LogP contribution in [-0.2, 0) is 10.2 Å². The summed E-state index contributed by atoms with van der Waals surface area (Å²) in [6, 6.07) is 8.11. The van der Waals surface area contributed by atoms with Crippen LogP contribution in [0, 0.1) is 5.41 Å². The molecule has 86 valence electrons. The van der Waals surface area contributed by atoms with Crippen LogP contribution in [0.3, 0.4) is 0 Å². The SMILES string of the molecule is NCC1(C2(c3ccccc3Cl)COC2)CC1. The molecule has 1 aromatic carbocycles. The number of nitrogens with two attached hydrogens (primary N) is 1. The van der Waals surface area contributed by atoms with E-state index in [4.69, 9.17) is 22.1 Å². The van der Waals surface area contributed by atoms with Crippen molar-refractivity contribution in [3.05, 3.63) is 34.9 Å². The smallest absolute Gasteiger partial charge is 0.0592 e. The molecular formula is C13H16ClNO. The van der Waals surface area contributed by atoms with Crippen molar-refractivity contribution in [1.29, 1.82) is 0 Å². The normalized spacial score (nSPS) is 24.9. The fourth-order valence-electron chi connectivity index (χ4n) is 2.93. The summed E-state index contributed by atoms with van der Waals surface area (Å²) in [6.07, 6.45) is 2.41. The molecule has 0 spiro atoms. The second-order valence-electron chi connectivity index (χ2n) is 5.04. The zero-order valence-electron chi connectivity index (χ0n) is 9.21. The highest BCUT2D eigenvalue weighted by Crippen LogP contribution is 2.62. The van der Waals surface area contributed by atoms with Crippen molar-refractivity contribution in [2.75, 3.05) is 19.8 Å². The molecule has 2 fully saturated rings. The highest BCUT2D eigenvalue weighted by Gasteiger charge is 2.63. The Morgan fingerprint density at radius 3 is 2.38 bits per heavy atom. The van der Waals surface area contributed by atoms with Crippen molar-refractivity contribution >= 4 is 11.6 Å². The summed E-state index contributed by atoms with van der Waals surface area (Å²) in [7, 11) is 0. The van der Waals surface area contributed by atoms with Crippen molar-refractivity contribution in [2.45, 2.75) is 18.3 Å². The molecule has 1 saturated heterocycles. The highest BCUT2D eigenvalue weighted by atomic mass is 35.5. The van der Waals surface area contributed by atoms with Crippen LogP contribution in [0.15, 0.2) is 24.3 Å². The van der Waals surface area contributed by atoms with Crippen LogP contribution in [-0.4, -0.2) is 19.8 Å². The first-order chi connectivity index (χ1) is 7.74. The van der Waals surface area contributed by atoms with Crippen molar-refractivity contribution in [1.82, 2.24) is 0 Å². The predicted molar refractivity (Wildman–Crippen MR) is 64.7 cm³/mol. The molecule has 1 aromatic rings. The molecule has 16 heavy (non-hydrogen) atoms. The Bertz CT molecular complexity index is 410. The van der Waals surface area contributed by atoms with Gasteiger partial charge in [0.1, 0.15) is 0 Å². The maximum absolute atomic E-state index is 6.32. The fourth-order valence-corrected chi connectivity index (χ4v) is 3.25. The summed E-state index contributed by atoms with van der Waals surface area (Å²) in [5.41, 5.74) is 7.51. The third-order valence-corrected chi connectivity index (χ3v) is 4.68. The van der Waals surface area contributed by atoms with Gasteiger partial charge >= 0.3 is 0 Å². The zero-order valence-corrected chi connectivity index (χ0v) is 9.96. The van der Waals surface area contributed by atoms with Crippen molar-refractivity contribution in [3.63, 3.8) is 0 Å². The van der Waals surface area contributed by atoms with Gasteiger partial charge in [0.25, 0.3) is 0 Å². The van der Waals surface area contributed by atoms with Gasteiger partial charge in [0.05, 0.1) is 18.6 Å². The largest absolute Gasteiger partial charge is 0.379 e. The van der Waals surface area contributed by atoms with Gasteiger partial charge in [-0.1, -0.05) is 29.8 Å². The lowest BCUT2D eigenvalue weighted by Gasteiger charge is -2.48. The van der Waals surface area contributed by atoms with Crippen molar-refractivity contribution in [3.8, 4) is 0 Å². The molecule has 0 bridgehead atoms. The molecule has 2 aliphatic rings. The van der Waals surface area contributed by atoms with Crippen LogP contribution >= 0.6 is 11.6 Å². The Morgan fingerprint density at radius 1 is 1.25 bits per heavy atom. The Labute approximate surface area is 101 Å². The minimum atomic E-state index is 0.0834. The monoisotopic (exact) mass is 237 g/mol. The van der Waals surface area contributed by atoms with Crippen molar-refractivity contribution in [2.24, 2.45) is 11.1 Å². The lowest BCUT2D eigenvalue weighted by Crippen LogP contribution is -2.56. The van der Waals surface area contributed by atoms with Gasteiger partial charge in [-0.3, -0.25) is 0 Å². The van der Waals surface area contributed by atoms with E-state index in [0.29, 0.717) is 0 Å². The number of benzene rings is 1. The fraction of sp³-hybridized carbons (Fsp3) is 0.538. The maximum atomic E-state index is 6.32. The molecule has 1 heterocycles. The minimum absolute atomic E-state index is 0.0834. The minimum Gasteiger partial charge on any atom is -0.379 e. The molecule has 0 amide bonds. The molecule has 0 radical (unpaired) electrons. The van der Waals surface area contributed by atoms with E-state index in [2.05, 4.69) is 6.07 Å². The predicted octanol–water partition coefficient (Wildman–Crippen LogP) is 2.35. The Morgan fingerprint density at radius 2 is 1.94 bits per heavy atom. The summed E-state index contributed by atoms with van der Waals surface area (Å²) in [5.74, 6) is 0. The number of ether oxygens (including phenoxy) is 1. The molecule has 2 N–H and O–H groups in total. The first-order valence-corrected chi connectivity index (χ1v) is 6.15. The summed E-state index contributed by atoms with van der Waals surface area (Å²) >= 11 is 6.32. The van der Waals surface area contributed by atoms with Crippen LogP contribution in [0.5, 0.6) is 0 Å². The van der Waals surface area contributed by atoms with E-state index in [1.807, 2.05) is 18.2 Å². The van der Waals surface area contributed by atoms with E-state index in [1.165, 1.54) is 18.4 Å². The van der Waals surface area contributed by atoms with Gasteiger partial charge in [-0.05, 0) is 36.4 Å². The first kappa shape index (κ1) is 10.6. The number of rotatable bonds is 3. The summed E-state index contributed by atoms with van der Waals surface area (Å²) in [6.45, 7) is 2.28. The molecule has 3 rings (SSSR count). The number of hydrogen-bond donors (Lipinski definition) is 1. The van der Waals surface area contributed by atoms with Crippen LogP contribution in [0.4, 0.5) is 0 Å². The van der Waals surface area contributed by atoms with Crippen molar-refractivity contribution < 1.29 is 4.74 Å². The highest BCUT2D eigenvalue weighted by molar-refractivity contribution is 6.31. The summed E-state index contributed by atoms with van der Waals surface area (Å²) in [5, 5.41) is 0.852. The topological polar surface area (TPSA) is 35.2 Å². The maximum Gasteiger partial charge on any atom is 0.0592 e. The second-order valence-corrected chi connectivity index (χ2v) is 5.45. The Hall–Kier alpha value is -0.570. The number of hydrogen-bond acceptors (Lipinski definition) is 2. The molecule has 1 aliphatic heterocycles. The molecule has 1 saturated carbocycles. The third-order valence-electron chi connectivity index (χ3n) is 4.35. The Kier molecular flexibility index (Phi) is 2.29. The zero-order chi connectivity index (χ0) is 11.2. The third kappa shape index (κ3) is 1.21. The molecule has 2 nitrogen and oxygen atoms in total. The summed E-state index contributed by atoms with van der Waals surface area (Å²) < 4.78 is 5.46. The number of halogens is 1. The van der Waals surface area contributed by atoms with Crippen LogP contribution in [0.2, 0.25) is 5.02 Å². The van der Waals surface area contributed by atoms with Gasteiger partial charge in [0.2, 0.25) is 0 Å². The molecule has 3 heteroatoms. The quantitative estimate of drug-likeness (QED) is 0.876. The van der Waals surface area contributed by atoms with E-state index in [9.17, 15) is 0 Å². The summed E-state index contributed by atoms with van der Waals surface area (Å²) in [4.78, 5) is 0. The molecular weight excluding hydrogens is 222 g/mol. The van der Waals surface area contributed by atoms with E-state index >= 15 is 0 Å². The molecule has 1 aliphatic carbocycles. The average Bonchev–Trinajstić information content (AvgIpc) is 3.01. The van der Waals surface area contributed by atoms with Gasteiger partial charge in [-0.2, -0.15) is 0 Å². The molecule has 0 aromatic heterocycles. The standard InChI is InChI=1S/C13H16ClNO/c14-11-4-2-1-3-10(11)13(8-16-9-13)12(7-15)5-6-12/h1-4H,5-9,15H2. The van der Waals surface area contributed by atoms with Gasteiger partial charge < -0.3 is 10.5 Å². The lowest BCUT2D eigenvalue weighted by molar-refractivity contribution is -0.0972. The van der Waals surface area contributed by atoms with Gasteiger partial charge in [-0.15, -0.1) is 0 Å². The molecule has 0 unspecified atom stereocenters. The van der Waals surface area contributed by atoms with Gasteiger partial charge in [-0.25, -0.2) is 0 Å². The molecule has 0 atom stereocenters. The lowest BCUT2D eigenvalue weighted by atomic mass is 9.66. The van der Waals surface area contributed by atoms with Gasteiger partial charge in [0.15, 0.2) is 0 Å². The van der Waals surface area contributed by atoms with Crippen LogP contribution < -0.4 is 5.73 Å². The van der Waals surface area contributed by atoms with E-state index in [0.717, 1.165) is 24.8 Å². The Balaban J connectivity index is 2.06. The van der Waals surface area contributed by atoms with E-state index < -0.39 is 0 Å². The van der Waals surface area contributed by atoms with E-state index in [1.54, 1.807) is 0 Å². The second kappa shape index (κ2) is 3.46. The van der Waals surface area contributed by atoms with E-state index in [-0.39, 0.29) is 10.8 Å². The first-order valence-electron chi connectivity index (χ1n) is 5.77.